The molecule has 0 bridgehead atoms. The third kappa shape index (κ3) is 3.54. The van der Waals surface area contributed by atoms with Gasteiger partial charge >= 0.3 is 0 Å². The van der Waals surface area contributed by atoms with Gasteiger partial charge in [-0.25, -0.2) is 4.52 Å². The minimum Gasteiger partial charge on any atom is -0.497 e. The van der Waals surface area contributed by atoms with Crippen LogP contribution in [0.1, 0.15) is 28.2 Å². The fraction of sp³-hybridized carbons (Fsp3) is 0.150. The van der Waals surface area contributed by atoms with Crippen molar-refractivity contribution < 1.29 is 9.53 Å². The average molecular weight is 393 g/mol. The van der Waals surface area contributed by atoms with Crippen LogP contribution in [0.5, 0.6) is 5.75 Å². The third-order valence-electron chi connectivity index (χ3n) is 4.45. The van der Waals surface area contributed by atoms with E-state index in [-0.39, 0.29) is 17.9 Å². The first-order chi connectivity index (χ1) is 13.5. The summed E-state index contributed by atoms with van der Waals surface area (Å²) in [4.78, 5) is 17.4. The van der Waals surface area contributed by atoms with Crippen molar-refractivity contribution in [1.82, 2.24) is 19.9 Å². The number of carbonyl (C=O) groups excluding carboxylic acids is 1. The quantitative estimate of drug-likeness (QED) is 0.541. The lowest BCUT2D eigenvalue weighted by Crippen LogP contribution is -2.25. The Morgan fingerprint density at radius 2 is 2.11 bits per heavy atom. The van der Waals surface area contributed by atoms with Gasteiger partial charge in [0.25, 0.3) is 5.91 Å². The van der Waals surface area contributed by atoms with Gasteiger partial charge in [-0.15, -0.1) is 16.4 Å². The molecule has 3 heterocycles. The normalized spacial score (nSPS) is 12.1. The molecule has 0 fully saturated rings. The predicted molar refractivity (Wildman–Crippen MR) is 110 cm³/mol. The second kappa shape index (κ2) is 7.32. The van der Waals surface area contributed by atoms with E-state index in [1.165, 1.54) is 11.3 Å². The Hall–Kier alpha value is -3.39. The Kier molecular flexibility index (Phi) is 4.70. The molecule has 1 amide bonds. The number of thiophene rings is 1. The molecule has 0 aliphatic rings. The first-order valence-electron chi connectivity index (χ1n) is 8.69. The lowest BCUT2D eigenvalue weighted by atomic mass is 10.1. The number of fused-ring (bicyclic) bond motifs is 1. The lowest BCUT2D eigenvalue weighted by Gasteiger charge is -2.14. The molecule has 0 saturated carbocycles. The van der Waals surface area contributed by atoms with E-state index in [1.807, 2.05) is 61.0 Å². The van der Waals surface area contributed by atoms with Crippen molar-refractivity contribution in [3.8, 4) is 16.9 Å². The molecule has 7 nitrogen and oxygen atoms in total. The van der Waals surface area contributed by atoms with E-state index in [4.69, 9.17) is 10.5 Å². The molecule has 4 aromatic rings. The zero-order valence-electron chi connectivity index (χ0n) is 15.4. The maximum Gasteiger partial charge on any atom is 0.261 e. The summed E-state index contributed by atoms with van der Waals surface area (Å²) in [6.45, 7) is 1.95. The molecule has 0 aliphatic carbocycles. The van der Waals surface area contributed by atoms with Gasteiger partial charge in [0.15, 0.2) is 5.65 Å². The highest BCUT2D eigenvalue weighted by molar-refractivity contribution is 7.12. The van der Waals surface area contributed by atoms with Crippen LogP contribution >= 0.6 is 11.3 Å². The SMILES string of the molecule is COc1cccc([C@H](C)NC(=O)c2cc(-c3ccc4nc(N)nn4c3)cs2)c1. The number of hydrogen-bond donors (Lipinski definition) is 2. The summed E-state index contributed by atoms with van der Waals surface area (Å²) in [5.74, 6) is 0.882. The topological polar surface area (TPSA) is 94.5 Å². The molecule has 1 aromatic carbocycles. The van der Waals surface area contributed by atoms with Crippen LogP contribution in [0.4, 0.5) is 5.95 Å². The van der Waals surface area contributed by atoms with Gasteiger partial charge in [-0.05, 0) is 53.8 Å². The van der Waals surface area contributed by atoms with Gasteiger partial charge in [-0.2, -0.15) is 4.98 Å². The van der Waals surface area contributed by atoms with Crippen molar-refractivity contribution >= 4 is 28.8 Å². The highest BCUT2D eigenvalue weighted by Gasteiger charge is 2.15. The number of methoxy groups -OCH3 is 1. The maximum absolute atomic E-state index is 12.7. The Morgan fingerprint density at radius 3 is 2.93 bits per heavy atom. The molecular formula is C20H19N5O2S. The molecule has 3 N–H and O–H groups in total. The lowest BCUT2D eigenvalue weighted by molar-refractivity contribution is 0.0944. The zero-order valence-corrected chi connectivity index (χ0v) is 16.2. The Balaban J connectivity index is 1.51. The first kappa shape index (κ1) is 18.0. The van der Waals surface area contributed by atoms with Crippen LogP contribution in [0.2, 0.25) is 0 Å². The summed E-state index contributed by atoms with van der Waals surface area (Å²) in [5.41, 5.74) is 9.18. The van der Waals surface area contributed by atoms with Gasteiger partial charge in [0.1, 0.15) is 5.75 Å². The first-order valence-corrected chi connectivity index (χ1v) is 9.57. The van der Waals surface area contributed by atoms with E-state index in [0.29, 0.717) is 10.5 Å². The van der Waals surface area contributed by atoms with Gasteiger partial charge in [0.2, 0.25) is 5.95 Å². The van der Waals surface area contributed by atoms with Crippen LogP contribution < -0.4 is 15.8 Å². The second-order valence-electron chi connectivity index (χ2n) is 6.36. The minimum atomic E-state index is -0.136. The van der Waals surface area contributed by atoms with Crippen molar-refractivity contribution in [1.29, 1.82) is 0 Å². The number of nitrogen functional groups attached to an aromatic ring is 1. The number of aromatic nitrogens is 3. The fourth-order valence-electron chi connectivity index (χ4n) is 2.94. The molecular weight excluding hydrogens is 374 g/mol. The van der Waals surface area contributed by atoms with E-state index >= 15 is 0 Å². The molecule has 4 rings (SSSR count). The number of ether oxygens (including phenoxy) is 1. The standard InChI is InChI=1S/C20H19N5O2S/c1-12(13-4-3-5-16(8-13)27-2)22-19(26)17-9-15(11-28-17)14-6-7-18-23-20(21)24-25(18)10-14/h3-12H,1-2H3,(H2,21,24)(H,22,26)/t12-/m0/s1. The number of nitrogens with one attached hydrogen (secondary N) is 1. The van der Waals surface area contributed by atoms with Crippen molar-refractivity contribution in [3.63, 3.8) is 0 Å². The van der Waals surface area contributed by atoms with E-state index in [2.05, 4.69) is 15.4 Å². The van der Waals surface area contributed by atoms with Crippen LogP contribution in [0, 0.1) is 0 Å². The third-order valence-corrected chi connectivity index (χ3v) is 5.37. The number of benzene rings is 1. The second-order valence-corrected chi connectivity index (χ2v) is 7.27. The zero-order chi connectivity index (χ0) is 19.7. The number of hydrogen-bond acceptors (Lipinski definition) is 6. The number of anilines is 1. The number of pyridine rings is 1. The van der Waals surface area contributed by atoms with E-state index < -0.39 is 0 Å². The maximum atomic E-state index is 12.7. The fourth-order valence-corrected chi connectivity index (χ4v) is 3.76. The van der Waals surface area contributed by atoms with Crippen molar-refractivity contribution in [2.45, 2.75) is 13.0 Å². The summed E-state index contributed by atoms with van der Waals surface area (Å²) in [5, 5.41) is 9.11. The van der Waals surface area contributed by atoms with Crippen molar-refractivity contribution in [3.05, 3.63) is 64.5 Å². The summed E-state index contributed by atoms with van der Waals surface area (Å²) < 4.78 is 6.88. The Bertz CT molecular complexity index is 1150. The number of nitrogens with zero attached hydrogens (tertiary/aromatic N) is 3. The molecule has 142 valence electrons. The summed E-state index contributed by atoms with van der Waals surface area (Å²) in [6, 6.07) is 13.2. The molecule has 0 unspecified atom stereocenters. The molecule has 0 radical (unpaired) electrons. The summed E-state index contributed by atoms with van der Waals surface area (Å²) >= 11 is 1.40. The van der Waals surface area contributed by atoms with Gasteiger partial charge in [0.05, 0.1) is 18.0 Å². The van der Waals surface area contributed by atoms with Gasteiger partial charge in [0, 0.05) is 11.8 Å². The Morgan fingerprint density at radius 1 is 1.25 bits per heavy atom. The molecule has 1 atom stereocenters. The summed E-state index contributed by atoms with van der Waals surface area (Å²) in [6.07, 6.45) is 1.85. The Labute approximate surface area is 165 Å². The largest absolute Gasteiger partial charge is 0.497 e. The van der Waals surface area contributed by atoms with Crippen LogP contribution in [-0.2, 0) is 0 Å². The predicted octanol–water partition coefficient (Wildman–Crippen LogP) is 3.54. The van der Waals surface area contributed by atoms with Gasteiger partial charge in [-0.3, -0.25) is 4.79 Å². The highest BCUT2D eigenvalue weighted by Crippen LogP contribution is 2.27. The number of rotatable bonds is 5. The molecule has 8 heteroatoms. The van der Waals surface area contributed by atoms with Gasteiger partial charge in [-0.1, -0.05) is 12.1 Å². The average Bonchev–Trinajstić information content (AvgIpc) is 3.33. The minimum absolute atomic E-state index is 0.113. The van der Waals surface area contributed by atoms with Crippen molar-refractivity contribution in [2.24, 2.45) is 0 Å². The molecule has 0 aliphatic heterocycles. The smallest absolute Gasteiger partial charge is 0.261 e. The number of nitrogens with two attached hydrogens (primary N) is 1. The van der Waals surface area contributed by atoms with Gasteiger partial charge < -0.3 is 15.8 Å². The van der Waals surface area contributed by atoms with E-state index in [9.17, 15) is 4.79 Å². The molecule has 0 saturated heterocycles. The number of carbonyl (C=O) groups is 1. The van der Waals surface area contributed by atoms with E-state index in [1.54, 1.807) is 11.6 Å². The molecule has 28 heavy (non-hydrogen) atoms. The van der Waals surface area contributed by atoms with Crippen LogP contribution in [0.25, 0.3) is 16.8 Å². The highest BCUT2D eigenvalue weighted by atomic mass is 32.1. The molecule has 3 aromatic heterocycles. The van der Waals surface area contributed by atoms with Crippen LogP contribution in [0.15, 0.2) is 54.0 Å². The summed E-state index contributed by atoms with van der Waals surface area (Å²) in [7, 11) is 1.63. The van der Waals surface area contributed by atoms with Crippen LogP contribution in [0.3, 0.4) is 0 Å². The van der Waals surface area contributed by atoms with Crippen molar-refractivity contribution in [2.75, 3.05) is 12.8 Å². The monoisotopic (exact) mass is 393 g/mol. The number of amides is 1. The van der Waals surface area contributed by atoms with E-state index in [0.717, 1.165) is 22.4 Å². The molecule has 0 spiro atoms. The van der Waals surface area contributed by atoms with Crippen LogP contribution in [-0.4, -0.2) is 27.6 Å².